The van der Waals surface area contributed by atoms with Crippen molar-refractivity contribution in [2.24, 2.45) is 10.9 Å². The molecule has 86 valence electrons. The summed E-state index contributed by atoms with van der Waals surface area (Å²) < 4.78 is 0. The van der Waals surface area contributed by atoms with Crippen LogP contribution in [0.15, 0.2) is 47.6 Å². The van der Waals surface area contributed by atoms with Crippen LogP contribution in [0.2, 0.25) is 0 Å². The normalized spacial score (nSPS) is 19.1. The Kier molecular flexibility index (Phi) is 2.53. The number of benzene rings is 2. The lowest BCUT2D eigenvalue weighted by Gasteiger charge is -2.05. The van der Waals surface area contributed by atoms with Gasteiger partial charge in [-0.3, -0.25) is 0 Å². The summed E-state index contributed by atoms with van der Waals surface area (Å²) in [5, 5.41) is 6.59. The molecule has 1 unspecified atom stereocenters. The van der Waals surface area contributed by atoms with Crippen LogP contribution >= 0.6 is 0 Å². The molecule has 0 aromatic heterocycles. The SMILES string of the molecule is NCC1CC(c2cccc3ccccc23)=NO1. The number of hydrogen-bond donors (Lipinski definition) is 1. The molecule has 1 aliphatic heterocycles. The van der Waals surface area contributed by atoms with E-state index in [-0.39, 0.29) is 6.10 Å². The van der Waals surface area contributed by atoms with E-state index < -0.39 is 0 Å². The third kappa shape index (κ3) is 1.78. The maximum Gasteiger partial charge on any atom is 0.145 e. The molecule has 0 bridgehead atoms. The highest BCUT2D eigenvalue weighted by Gasteiger charge is 2.21. The molecule has 2 aromatic carbocycles. The lowest BCUT2D eigenvalue weighted by atomic mass is 9.98. The molecule has 17 heavy (non-hydrogen) atoms. The molecule has 2 N–H and O–H groups in total. The van der Waals surface area contributed by atoms with Crippen molar-refractivity contribution in [3.8, 4) is 0 Å². The molecule has 0 saturated heterocycles. The lowest BCUT2D eigenvalue weighted by Crippen LogP contribution is -2.20. The predicted octanol–water partition coefficient (Wildman–Crippen LogP) is 2.29. The first-order valence-corrected chi connectivity index (χ1v) is 5.79. The summed E-state index contributed by atoms with van der Waals surface area (Å²) in [6.45, 7) is 0.512. The zero-order valence-electron chi connectivity index (χ0n) is 9.47. The van der Waals surface area contributed by atoms with Crippen molar-refractivity contribution in [3.05, 3.63) is 48.0 Å². The maximum absolute atomic E-state index is 5.59. The minimum Gasteiger partial charge on any atom is -0.390 e. The highest BCUT2D eigenvalue weighted by atomic mass is 16.6. The highest BCUT2D eigenvalue weighted by Crippen LogP contribution is 2.23. The number of rotatable bonds is 2. The number of hydrogen-bond acceptors (Lipinski definition) is 3. The second-order valence-electron chi connectivity index (χ2n) is 4.23. The summed E-state index contributed by atoms with van der Waals surface area (Å²) in [7, 11) is 0. The molecule has 0 fully saturated rings. The molecule has 1 heterocycles. The van der Waals surface area contributed by atoms with Crippen molar-refractivity contribution in [2.45, 2.75) is 12.5 Å². The Morgan fingerprint density at radius 3 is 2.82 bits per heavy atom. The van der Waals surface area contributed by atoms with Crippen LogP contribution < -0.4 is 5.73 Å². The van der Waals surface area contributed by atoms with Gasteiger partial charge in [0.05, 0.1) is 5.71 Å². The molecule has 3 nitrogen and oxygen atoms in total. The van der Waals surface area contributed by atoms with Gasteiger partial charge in [0.2, 0.25) is 0 Å². The number of nitrogens with zero attached hydrogens (tertiary/aromatic N) is 1. The number of nitrogens with two attached hydrogens (primary N) is 1. The van der Waals surface area contributed by atoms with E-state index in [1.165, 1.54) is 10.8 Å². The van der Waals surface area contributed by atoms with Gasteiger partial charge in [-0.05, 0) is 10.8 Å². The van der Waals surface area contributed by atoms with E-state index in [1.807, 2.05) is 12.1 Å². The van der Waals surface area contributed by atoms with Crippen LogP contribution in [-0.4, -0.2) is 18.4 Å². The predicted molar refractivity (Wildman–Crippen MR) is 69.0 cm³/mol. The molecule has 0 saturated carbocycles. The molecule has 1 aliphatic rings. The average molecular weight is 226 g/mol. The minimum absolute atomic E-state index is 0.0315. The van der Waals surface area contributed by atoms with E-state index in [9.17, 15) is 0 Å². The summed E-state index contributed by atoms with van der Waals surface area (Å²) in [6, 6.07) is 14.6. The van der Waals surface area contributed by atoms with Crippen LogP contribution in [0.1, 0.15) is 12.0 Å². The van der Waals surface area contributed by atoms with E-state index in [4.69, 9.17) is 10.6 Å². The number of oxime groups is 1. The molecular formula is C14H14N2O. The molecule has 0 amide bonds. The fourth-order valence-corrected chi connectivity index (χ4v) is 2.19. The summed E-state index contributed by atoms with van der Waals surface area (Å²) in [6.07, 6.45) is 0.828. The fraction of sp³-hybridized carbons (Fsp3) is 0.214. The van der Waals surface area contributed by atoms with E-state index in [2.05, 4.69) is 35.5 Å². The number of fused-ring (bicyclic) bond motifs is 1. The van der Waals surface area contributed by atoms with Gasteiger partial charge in [0.15, 0.2) is 0 Å². The largest absolute Gasteiger partial charge is 0.390 e. The van der Waals surface area contributed by atoms with E-state index in [0.29, 0.717) is 6.54 Å². The third-order valence-electron chi connectivity index (χ3n) is 3.10. The second kappa shape index (κ2) is 4.18. The Hall–Kier alpha value is -1.87. The van der Waals surface area contributed by atoms with E-state index >= 15 is 0 Å². The summed E-state index contributed by atoms with van der Waals surface area (Å²) in [5.74, 6) is 0. The van der Waals surface area contributed by atoms with Gasteiger partial charge in [0.25, 0.3) is 0 Å². The summed E-state index contributed by atoms with van der Waals surface area (Å²) in [4.78, 5) is 5.28. The van der Waals surface area contributed by atoms with Crippen molar-refractivity contribution in [1.29, 1.82) is 0 Å². The molecule has 0 spiro atoms. The first-order chi connectivity index (χ1) is 8.38. The maximum atomic E-state index is 5.59. The van der Waals surface area contributed by atoms with Gasteiger partial charge in [0.1, 0.15) is 6.10 Å². The Morgan fingerprint density at radius 2 is 2.00 bits per heavy atom. The van der Waals surface area contributed by atoms with E-state index in [1.54, 1.807) is 0 Å². The molecule has 3 heteroatoms. The topological polar surface area (TPSA) is 47.6 Å². The molecule has 0 aliphatic carbocycles. The van der Waals surface area contributed by atoms with Crippen molar-refractivity contribution in [1.82, 2.24) is 0 Å². The quantitative estimate of drug-likeness (QED) is 0.854. The molecule has 2 aromatic rings. The smallest absolute Gasteiger partial charge is 0.145 e. The standard InChI is InChI=1S/C14H14N2O/c15-9-11-8-14(16-17-11)13-7-3-5-10-4-1-2-6-12(10)13/h1-7,11H,8-9,15H2. The van der Waals surface area contributed by atoms with Crippen LogP contribution in [0.4, 0.5) is 0 Å². The minimum atomic E-state index is 0.0315. The van der Waals surface area contributed by atoms with Gasteiger partial charge >= 0.3 is 0 Å². The third-order valence-corrected chi connectivity index (χ3v) is 3.10. The van der Waals surface area contributed by atoms with E-state index in [0.717, 1.165) is 17.7 Å². The van der Waals surface area contributed by atoms with Crippen molar-refractivity contribution in [2.75, 3.05) is 6.54 Å². The van der Waals surface area contributed by atoms with Gasteiger partial charge < -0.3 is 10.6 Å². The Labute approximate surface area is 99.9 Å². The Morgan fingerprint density at radius 1 is 1.18 bits per heavy atom. The molecule has 0 radical (unpaired) electrons. The highest BCUT2D eigenvalue weighted by molar-refractivity contribution is 6.11. The van der Waals surface area contributed by atoms with Crippen LogP contribution in [0.3, 0.4) is 0 Å². The van der Waals surface area contributed by atoms with Gasteiger partial charge in [-0.2, -0.15) is 0 Å². The van der Waals surface area contributed by atoms with Gasteiger partial charge in [-0.15, -0.1) is 0 Å². The van der Waals surface area contributed by atoms with Crippen LogP contribution in [0.25, 0.3) is 10.8 Å². The van der Waals surface area contributed by atoms with Gasteiger partial charge in [0, 0.05) is 18.5 Å². The lowest BCUT2D eigenvalue weighted by molar-refractivity contribution is 0.0918. The van der Waals surface area contributed by atoms with Crippen molar-refractivity contribution < 1.29 is 4.84 Å². The fourth-order valence-electron chi connectivity index (χ4n) is 2.19. The molecule has 1 atom stereocenters. The van der Waals surface area contributed by atoms with Crippen molar-refractivity contribution in [3.63, 3.8) is 0 Å². The van der Waals surface area contributed by atoms with Gasteiger partial charge in [-0.1, -0.05) is 47.6 Å². The van der Waals surface area contributed by atoms with Crippen LogP contribution in [0.5, 0.6) is 0 Å². The first kappa shape index (κ1) is 10.3. The van der Waals surface area contributed by atoms with Crippen LogP contribution in [-0.2, 0) is 4.84 Å². The summed E-state index contributed by atoms with van der Waals surface area (Å²) >= 11 is 0. The zero-order valence-corrected chi connectivity index (χ0v) is 9.47. The molecular weight excluding hydrogens is 212 g/mol. The monoisotopic (exact) mass is 226 g/mol. The Bertz CT molecular complexity index is 572. The van der Waals surface area contributed by atoms with Gasteiger partial charge in [-0.25, -0.2) is 0 Å². The van der Waals surface area contributed by atoms with Crippen LogP contribution in [0, 0.1) is 0 Å². The molecule has 3 rings (SSSR count). The first-order valence-electron chi connectivity index (χ1n) is 5.79. The second-order valence-corrected chi connectivity index (χ2v) is 4.23. The summed E-state index contributed by atoms with van der Waals surface area (Å²) in [5.41, 5.74) is 7.74. The zero-order chi connectivity index (χ0) is 11.7. The average Bonchev–Trinajstić information content (AvgIpc) is 2.87. The Balaban J connectivity index is 2.07. The van der Waals surface area contributed by atoms with Crippen molar-refractivity contribution >= 4 is 16.5 Å².